The third-order valence-electron chi connectivity index (χ3n) is 6.68. The van der Waals surface area contributed by atoms with E-state index in [-0.39, 0.29) is 47.9 Å². The fourth-order valence-corrected chi connectivity index (χ4v) is 4.96. The summed E-state index contributed by atoms with van der Waals surface area (Å²) < 4.78 is 43.0. The fraction of sp³-hybridized carbons (Fsp3) is 0.538. The molecule has 0 saturated carbocycles. The van der Waals surface area contributed by atoms with Gasteiger partial charge in [-0.1, -0.05) is 18.5 Å². The lowest BCUT2D eigenvalue weighted by Crippen LogP contribution is -2.55. The number of benzene rings is 1. The van der Waals surface area contributed by atoms with Crippen LogP contribution in [0.1, 0.15) is 40.5 Å². The van der Waals surface area contributed by atoms with Crippen LogP contribution in [-0.4, -0.2) is 61.7 Å². The number of hydrogen-bond donors (Lipinski definition) is 2. The number of nitrogens with one attached hydrogen (secondary N) is 2. The van der Waals surface area contributed by atoms with Gasteiger partial charge in [0.1, 0.15) is 21.9 Å². The van der Waals surface area contributed by atoms with Crippen LogP contribution in [0.25, 0.3) is 11.0 Å². The van der Waals surface area contributed by atoms with E-state index < -0.39 is 29.5 Å². The number of carbonyl (C=O) groups is 1. The van der Waals surface area contributed by atoms with Crippen molar-refractivity contribution >= 4 is 51.8 Å². The molecule has 1 amide bonds. The molecule has 218 valence electrons. The highest BCUT2D eigenvalue weighted by Crippen LogP contribution is 2.40. The second-order valence-corrected chi connectivity index (χ2v) is 11.7. The van der Waals surface area contributed by atoms with E-state index in [4.69, 9.17) is 32.7 Å². The van der Waals surface area contributed by atoms with Crippen molar-refractivity contribution in [3.8, 4) is 5.75 Å². The first-order valence-electron chi connectivity index (χ1n) is 12.8. The second-order valence-electron chi connectivity index (χ2n) is 11.0. The lowest BCUT2D eigenvalue weighted by Gasteiger charge is -2.42. The molecular formula is C26H32Cl2F2N6O4. The second kappa shape index (κ2) is 11.4. The van der Waals surface area contributed by atoms with Crippen LogP contribution in [0, 0.1) is 11.8 Å². The molecule has 40 heavy (non-hydrogen) atoms. The maximum Gasteiger partial charge on any atom is 0.410 e. The highest BCUT2D eigenvalue weighted by Gasteiger charge is 2.50. The van der Waals surface area contributed by atoms with Gasteiger partial charge in [-0.2, -0.15) is 4.98 Å². The third kappa shape index (κ3) is 6.60. The smallest absolute Gasteiger partial charge is 0.410 e. The summed E-state index contributed by atoms with van der Waals surface area (Å²) in [6.07, 6.45) is 1.17. The van der Waals surface area contributed by atoms with Gasteiger partial charge in [-0.05, 0) is 51.3 Å². The molecule has 4 rings (SSSR count). The van der Waals surface area contributed by atoms with Crippen molar-refractivity contribution in [3.63, 3.8) is 0 Å². The molecule has 1 aliphatic rings. The Hall–Kier alpha value is -3.12. The van der Waals surface area contributed by atoms with Gasteiger partial charge in [0.2, 0.25) is 5.28 Å². The number of imidazole rings is 1. The van der Waals surface area contributed by atoms with E-state index in [1.165, 1.54) is 22.6 Å². The molecule has 1 fully saturated rings. The molecule has 1 aromatic carbocycles. The number of alkyl halides is 2. The number of carbonyl (C=O) groups excluding carboxylic acids is 1. The first-order chi connectivity index (χ1) is 18.7. The third-order valence-corrected chi connectivity index (χ3v) is 7.14. The number of piperidine rings is 1. The van der Waals surface area contributed by atoms with Gasteiger partial charge in [-0.25, -0.2) is 23.4 Å². The minimum Gasteiger partial charge on any atom is -0.491 e. The zero-order valence-electron chi connectivity index (χ0n) is 22.9. The van der Waals surface area contributed by atoms with Gasteiger partial charge in [0.15, 0.2) is 5.82 Å². The Morgan fingerprint density at radius 3 is 2.70 bits per heavy atom. The molecule has 0 radical (unpaired) electrons. The SMILES string of the molecule is C[C@H]1CN(C(=O)OC(C)(C)C)C[C@@H](CCCOc2cc(Nc3nc(Cl)ncc3Cl)cc3[nH]c(=O)n(C)c23)C1(F)F. The fourth-order valence-electron chi connectivity index (χ4n) is 4.69. The number of fused-ring (bicyclic) bond motifs is 1. The topological polar surface area (TPSA) is 114 Å². The number of anilines is 2. The largest absolute Gasteiger partial charge is 0.491 e. The predicted octanol–water partition coefficient (Wildman–Crippen LogP) is 6.00. The van der Waals surface area contributed by atoms with E-state index in [9.17, 15) is 9.59 Å². The van der Waals surface area contributed by atoms with Gasteiger partial charge in [0.05, 0.1) is 18.3 Å². The number of aromatic nitrogens is 4. The van der Waals surface area contributed by atoms with Crippen LogP contribution < -0.4 is 15.7 Å². The number of halogens is 4. The quantitative estimate of drug-likeness (QED) is 0.252. The van der Waals surface area contributed by atoms with Crippen molar-refractivity contribution in [2.24, 2.45) is 18.9 Å². The van der Waals surface area contributed by atoms with E-state index in [0.717, 1.165) is 0 Å². The number of aryl methyl sites for hydroxylation is 1. The van der Waals surface area contributed by atoms with Crippen LogP contribution in [0.4, 0.5) is 25.1 Å². The Morgan fingerprint density at radius 2 is 2.00 bits per heavy atom. The molecule has 2 atom stereocenters. The highest BCUT2D eigenvalue weighted by molar-refractivity contribution is 6.33. The van der Waals surface area contributed by atoms with Crippen molar-refractivity contribution in [1.29, 1.82) is 0 Å². The zero-order valence-corrected chi connectivity index (χ0v) is 24.4. The molecule has 2 aromatic heterocycles. The number of aromatic amines is 1. The van der Waals surface area contributed by atoms with E-state index in [0.29, 0.717) is 28.9 Å². The molecular weight excluding hydrogens is 569 g/mol. The van der Waals surface area contributed by atoms with Crippen LogP contribution in [0.2, 0.25) is 10.3 Å². The number of nitrogens with zero attached hydrogens (tertiary/aromatic N) is 4. The average molecular weight is 601 g/mol. The molecule has 3 aromatic rings. The number of hydrogen-bond acceptors (Lipinski definition) is 7. The molecule has 1 aliphatic heterocycles. The molecule has 2 N–H and O–H groups in total. The molecule has 10 nitrogen and oxygen atoms in total. The van der Waals surface area contributed by atoms with Gasteiger partial charge in [-0.3, -0.25) is 4.57 Å². The highest BCUT2D eigenvalue weighted by atomic mass is 35.5. The molecule has 0 bridgehead atoms. The first kappa shape index (κ1) is 29.9. The summed E-state index contributed by atoms with van der Waals surface area (Å²) in [4.78, 5) is 36.9. The molecule has 0 unspecified atom stereocenters. The number of ether oxygens (including phenoxy) is 2. The summed E-state index contributed by atoms with van der Waals surface area (Å²) in [6.45, 7) is 6.58. The van der Waals surface area contributed by atoms with Gasteiger partial charge in [0, 0.05) is 43.7 Å². The van der Waals surface area contributed by atoms with Gasteiger partial charge < -0.3 is 24.7 Å². The van der Waals surface area contributed by atoms with Crippen LogP contribution in [-0.2, 0) is 11.8 Å². The molecule has 0 aliphatic carbocycles. The summed E-state index contributed by atoms with van der Waals surface area (Å²) in [5, 5.41) is 3.27. The van der Waals surface area contributed by atoms with E-state index >= 15 is 8.78 Å². The number of likely N-dealkylation sites (tertiary alicyclic amines) is 1. The summed E-state index contributed by atoms with van der Waals surface area (Å²) in [5.41, 5.74) is 0.432. The van der Waals surface area contributed by atoms with E-state index in [2.05, 4.69) is 20.3 Å². The Morgan fingerprint density at radius 1 is 1.27 bits per heavy atom. The molecule has 0 spiro atoms. The summed E-state index contributed by atoms with van der Waals surface area (Å²) in [5.74, 6) is -4.40. The minimum atomic E-state index is -2.95. The van der Waals surface area contributed by atoms with Crippen molar-refractivity contribution in [3.05, 3.63) is 39.1 Å². The van der Waals surface area contributed by atoms with Crippen molar-refractivity contribution in [2.45, 2.75) is 52.1 Å². The average Bonchev–Trinajstić information content (AvgIpc) is 3.13. The molecule has 3 heterocycles. The molecule has 1 saturated heterocycles. The number of rotatable bonds is 7. The van der Waals surface area contributed by atoms with Crippen molar-refractivity contribution in [1.82, 2.24) is 24.4 Å². The summed E-state index contributed by atoms with van der Waals surface area (Å²) in [7, 11) is 1.59. The molecule has 14 heteroatoms. The number of amides is 1. The van der Waals surface area contributed by atoms with Gasteiger partial charge >= 0.3 is 11.8 Å². The Balaban J connectivity index is 1.48. The Kier molecular flexibility index (Phi) is 8.51. The van der Waals surface area contributed by atoms with Crippen molar-refractivity contribution in [2.75, 3.05) is 25.0 Å². The Labute approximate surface area is 240 Å². The van der Waals surface area contributed by atoms with Crippen molar-refractivity contribution < 1.29 is 23.0 Å². The van der Waals surface area contributed by atoms with E-state index in [1.54, 1.807) is 40.0 Å². The monoisotopic (exact) mass is 600 g/mol. The predicted molar refractivity (Wildman–Crippen MR) is 149 cm³/mol. The lowest BCUT2D eigenvalue weighted by molar-refractivity contribution is -0.145. The van der Waals surface area contributed by atoms with Crippen LogP contribution >= 0.6 is 23.2 Å². The number of H-pyrrole nitrogens is 1. The van der Waals surface area contributed by atoms with Crippen LogP contribution in [0.15, 0.2) is 23.1 Å². The summed E-state index contributed by atoms with van der Waals surface area (Å²) >= 11 is 12.1. The van der Waals surface area contributed by atoms with Crippen LogP contribution in [0.5, 0.6) is 5.75 Å². The van der Waals surface area contributed by atoms with Gasteiger partial charge in [0.25, 0.3) is 5.92 Å². The minimum absolute atomic E-state index is 0.00311. The first-order valence-corrected chi connectivity index (χ1v) is 13.6. The van der Waals surface area contributed by atoms with Crippen LogP contribution in [0.3, 0.4) is 0 Å². The Bertz CT molecular complexity index is 1460. The van der Waals surface area contributed by atoms with E-state index in [1.807, 2.05) is 0 Å². The standard InChI is InChI=1S/C26H32Cl2F2N6O4/c1-14-12-36(24(38)40-25(2,3)4)13-15(26(14,29)30)7-6-8-39-19-10-16(9-18-20(19)35(5)23(37)33-18)32-21-17(27)11-31-22(28)34-21/h9-11,14-15H,6-8,12-13H2,1-5H3,(H,33,37)(H,31,32,34)/t14-,15+/m0/s1. The zero-order chi connectivity index (χ0) is 29.4. The van der Waals surface area contributed by atoms with Gasteiger partial charge in [-0.15, -0.1) is 0 Å². The maximum absolute atomic E-state index is 15.1. The summed E-state index contributed by atoms with van der Waals surface area (Å²) in [6, 6.07) is 3.34. The maximum atomic E-state index is 15.1. The lowest BCUT2D eigenvalue weighted by atomic mass is 9.83. The normalized spacial score (nSPS) is 19.1.